The molecule has 0 aliphatic carbocycles. The zero-order valence-electron chi connectivity index (χ0n) is 20.4. The van der Waals surface area contributed by atoms with Crippen molar-refractivity contribution in [2.75, 3.05) is 0 Å². The molecule has 0 saturated heterocycles. The summed E-state index contributed by atoms with van der Waals surface area (Å²) < 4.78 is 2.09. The zero-order chi connectivity index (χ0) is 26.9. The van der Waals surface area contributed by atoms with Gasteiger partial charge in [0.05, 0.1) is 0 Å². The number of phenols is 2. The van der Waals surface area contributed by atoms with Crippen LogP contribution in [-0.4, -0.2) is 13.9 Å². The van der Waals surface area contributed by atoms with Crippen molar-refractivity contribution in [3.05, 3.63) is 144 Å². The second-order valence-corrected chi connectivity index (χ2v) is 9.84. The number of halogens is 2. The van der Waals surface area contributed by atoms with E-state index in [1.165, 1.54) is 45.8 Å². The van der Waals surface area contributed by atoms with Gasteiger partial charge in [-0.2, -0.15) is 35.0 Å². The standard InChI is InChI=1S/2C9H7.2C6H5ClO.C2H4.Zr/c2*1-2-5-9-7-3-6-8(9)4-1;2*7-5-1-3-6(8)4-2-5;1-2;/h2*1-7H;2*1-4,8H;1H,2H3;/q2*-1;;;;+2. The minimum absolute atomic E-state index is 0.245. The van der Waals surface area contributed by atoms with Crippen molar-refractivity contribution in [3.63, 3.8) is 0 Å². The van der Waals surface area contributed by atoms with Crippen LogP contribution in [0.2, 0.25) is 10.0 Å². The number of fused-ring (bicyclic) bond motifs is 2. The van der Waals surface area contributed by atoms with Gasteiger partial charge in [0.25, 0.3) is 0 Å². The molecule has 186 valence electrons. The molecule has 0 aliphatic heterocycles. The van der Waals surface area contributed by atoms with E-state index in [2.05, 4.69) is 88.6 Å². The molecule has 6 aromatic rings. The molecule has 0 radical (unpaired) electrons. The molecule has 0 amide bonds. The molecule has 0 heterocycles. The summed E-state index contributed by atoms with van der Waals surface area (Å²) in [5.41, 5.74) is 0. The Morgan fingerprint density at radius 2 is 0.892 bits per heavy atom. The molecule has 0 fully saturated rings. The van der Waals surface area contributed by atoms with Gasteiger partial charge >= 0.3 is 34.9 Å². The third-order valence-corrected chi connectivity index (χ3v) is 5.25. The molecule has 0 unspecified atom stereocenters. The average Bonchev–Trinajstić information content (AvgIpc) is 3.59. The van der Waals surface area contributed by atoms with Crippen LogP contribution in [0.3, 0.4) is 0 Å². The summed E-state index contributed by atoms with van der Waals surface area (Å²) in [6, 6.07) is 42.1. The second kappa shape index (κ2) is 17.5. The summed E-state index contributed by atoms with van der Waals surface area (Å²) in [7, 11) is 0. The van der Waals surface area contributed by atoms with Crippen molar-refractivity contribution < 1.29 is 34.4 Å². The predicted octanol–water partition coefficient (Wildman–Crippen LogP) is 9.56. The Kier molecular flexibility index (Phi) is 14.3. The van der Waals surface area contributed by atoms with E-state index in [0.29, 0.717) is 10.0 Å². The fraction of sp³-hybridized carbons (Fsp3) is 0.0312. The Balaban J connectivity index is 0.000000168. The van der Waals surface area contributed by atoms with Crippen LogP contribution in [0.4, 0.5) is 0 Å². The van der Waals surface area contributed by atoms with Gasteiger partial charge in [0.2, 0.25) is 0 Å². The first-order chi connectivity index (χ1) is 17.9. The molecule has 0 aliphatic rings. The fourth-order valence-electron chi connectivity index (χ4n) is 3.02. The smallest absolute Gasteiger partial charge is 0.115 e. The van der Waals surface area contributed by atoms with Crippen LogP contribution >= 0.6 is 23.2 Å². The molecule has 0 spiro atoms. The molecule has 5 heteroatoms. The number of rotatable bonds is 0. The Morgan fingerprint density at radius 1 is 0.568 bits per heavy atom. The molecular weight excluding hydrogens is 578 g/mol. The van der Waals surface area contributed by atoms with E-state index in [1.807, 2.05) is 6.92 Å². The third-order valence-electron chi connectivity index (χ3n) is 4.75. The maximum atomic E-state index is 8.70. The largest absolute Gasteiger partial charge is 0.508 e. The molecular formula is C32H28Cl2O2Zr. The van der Waals surface area contributed by atoms with Crippen molar-refractivity contribution in [1.82, 2.24) is 0 Å². The van der Waals surface area contributed by atoms with E-state index in [9.17, 15) is 0 Å². The Labute approximate surface area is 243 Å². The first-order valence-electron chi connectivity index (χ1n) is 11.5. The topological polar surface area (TPSA) is 40.5 Å². The first kappa shape index (κ1) is 30.3. The van der Waals surface area contributed by atoms with E-state index >= 15 is 0 Å². The maximum Gasteiger partial charge on any atom is 0.115 e. The Morgan fingerprint density at radius 3 is 1.19 bits per heavy atom. The summed E-state index contributed by atoms with van der Waals surface area (Å²) in [4.78, 5) is 0. The van der Waals surface area contributed by atoms with E-state index in [4.69, 9.17) is 33.4 Å². The molecule has 37 heavy (non-hydrogen) atoms. The van der Waals surface area contributed by atoms with Crippen LogP contribution in [0.5, 0.6) is 11.5 Å². The maximum absolute atomic E-state index is 8.70. The van der Waals surface area contributed by atoms with Crippen molar-refractivity contribution >= 4 is 48.5 Å². The molecule has 6 aromatic carbocycles. The van der Waals surface area contributed by atoms with Gasteiger partial charge < -0.3 is 10.2 Å². The van der Waals surface area contributed by atoms with Gasteiger partial charge in [-0.05, 0) is 48.5 Å². The summed E-state index contributed by atoms with van der Waals surface area (Å²) in [6.07, 6.45) is 0. The summed E-state index contributed by atoms with van der Waals surface area (Å²) in [5.74, 6) is 0.490. The summed E-state index contributed by atoms with van der Waals surface area (Å²) in [5, 5.41) is 24.0. The van der Waals surface area contributed by atoms with Gasteiger partial charge in [0, 0.05) is 10.0 Å². The van der Waals surface area contributed by atoms with Gasteiger partial charge in [-0.25, -0.2) is 0 Å². The minimum Gasteiger partial charge on any atom is -0.508 e. The van der Waals surface area contributed by atoms with Gasteiger partial charge in [-0.3, -0.25) is 0 Å². The van der Waals surface area contributed by atoms with Gasteiger partial charge in [-0.15, -0.1) is 59.3 Å². The quantitative estimate of drug-likeness (QED) is 0.169. The number of hydrogen-bond acceptors (Lipinski definition) is 2. The first-order valence-corrected chi connectivity index (χ1v) is 13.7. The van der Waals surface area contributed by atoms with E-state index < -0.39 is 0 Å². The van der Waals surface area contributed by atoms with E-state index in [1.54, 1.807) is 48.5 Å². The predicted molar refractivity (Wildman–Crippen MR) is 157 cm³/mol. The van der Waals surface area contributed by atoms with Crippen LogP contribution in [0.1, 0.15) is 6.92 Å². The number of phenolic OH excluding ortho intramolecular Hbond substituents is 2. The number of benzene rings is 4. The van der Waals surface area contributed by atoms with E-state index in [-0.39, 0.29) is 11.5 Å². The van der Waals surface area contributed by atoms with Crippen molar-refractivity contribution in [2.24, 2.45) is 0 Å². The van der Waals surface area contributed by atoms with Gasteiger partial charge in [0.1, 0.15) is 11.5 Å². The third kappa shape index (κ3) is 12.2. The summed E-state index contributed by atoms with van der Waals surface area (Å²) >= 11 is 12.5. The number of aromatic hydroxyl groups is 2. The zero-order valence-corrected chi connectivity index (χ0v) is 24.4. The second-order valence-electron chi connectivity index (χ2n) is 7.55. The van der Waals surface area contributed by atoms with Crippen LogP contribution in [0.15, 0.2) is 133 Å². The Bertz CT molecular complexity index is 1220. The molecule has 0 bridgehead atoms. The molecule has 2 nitrogen and oxygen atoms in total. The van der Waals surface area contributed by atoms with Crippen LogP contribution in [-0.2, 0) is 24.2 Å². The van der Waals surface area contributed by atoms with Gasteiger partial charge in [-0.1, -0.05) is 35.3 Å². The SMILES string of the molecule is C[CH]=[Zr+2].Oc1ccc(Cl)cc1.Oc1ccc(Cl)cc1.c1ccc2[cH-]ccc2c1.c1ccc2[cH-]ccc2c1. The van der Waals surface area contributed by atoms with E-state index in [0.717, 1.165) is 0 Å². The van der Waals surface area contributed by atoms with Crippen molar-refractivity contribution in [3.8, 4) is 11.5 Å². The van der Waals surface area contributed by atoms with Crippen molar-refractivity contribution in [2.45, 2.75) is 6.92 Å². The van der Waals surface area contributed by atoms with Crippen LogP contribution < -0.4 is 0 Å². The molecule has 0 aromatic heterocycles. The van der Waals surface area contributed by atoms with Crippen LogP contribution in [0, 0.1) is 0 Å². The van der Waals surface area contributed by atoms with Crippen molar-refractivity contribution in [1.29, 1.82) is 0 Å². The molecule has 0 saturated carbocycles. The molecule has 0 atom stereocenters. The monoisotopic (exact) mass is 604 g/mol. The normalized spacial score (nSPS) is 9.32. The van der Waals surface area contributed by atoms with Gasteiger partial charge in [0.15, 0.2) is 0 Å². The van der Waals surface area contributed by atoms with Crippen LogP contribution in [0.25, 0.3) is 21.5 Å². The number of hydrogen-bond donors (Lipinski definition) is 2. The molecule has 2 N–H and O–H groups in total. The molecule has 6 rings (SSSR count). The summed E-state index contributed by atoms with van der Waals surface area (Å²) in [6.45, 7) is 2.04. The fourth-order valence-corrected chi connectivity index (χ4v) is 3.27. The minimum atomic E-state index is 0.245. The Hall–Kier alpha value is -2.97. The average molecular weight is 607 g/mol.